The highest BCUT2D eigenvalue weighted by atomic mass is 19.3. The predicted octanol–water partition coefficient (Wildman–Crippen LogP) is 3.16. The topological polar surface area (TPSA) is 75.9 Å². The van der Waals surface area contributed by atoms with Gasteiger partial charge in [-0.05, 0) is 24.3 Å². The molecule has 9 heteroatoms. The zero-order chi connectivity index (χ0) is 19.4. The molecule has 0 bridgehead atoms. The molecule has 0 unspecified atom stereocenters. The standard InChI is InChI=1S/C18H17F2N3O4/c19-18(20)27-14-5-3-4-13(12-14)17(24)22-10-8-21(9-11-22)15-6-1-2-7-16(15)23(25)26/h1-7,12,18H,8-11H2. The summed E-state index contributed by atoms with van der Waals surface area (Å²) < 4.78 is 29.0. The number of piperazine rings is 1. The summed E-state index contributed by atoms with van der Waals surface area (Å²) in [7, 11) is 0. The van der Waals surface area contributed by atoms with Crippen molar-refractivity contribution in [1.82, 2.24) is 4.90 Å². The Morgan fingerprint density at radius 1 is 1.07 bits per heavy atom. The van der Waals surface area contributed by atoms with Crippen LogP contribution in [0.15, 0.2) is 48.5 Å². The maximum atomic E-state index is 12.6. The van der Waals surface area contributed by atoms with Gasteiger partial charge in [0, 0.05) is 37.8 Å². The highest BCUT2D eigenvalue weighted by molar-refractivity contribution is 5.94. The van der Waals surface area contributed by atoms with E-state index in [1.54, 1.807) is 23.1 Å². The van der Waals surface area contributed by atoms with E-state index in [1.165, 1.54) is 30.3 Å². The minimum atomic E-state index is -2.96. The number of hydrogen-bond donors (Lipinski definition) is 0. The Hall–Kier alpha value is -3.23. The van der Waals surface area contributed by atoms with Crippen molar-refractivity contribution in [3.63, 3.8) is 0 Å². The number of rotatable bonds is 5. The number of amides is 1. The Kier molecular flexibility index (Phi) is 5.49. The highest BCUT2D eigenvalue weighted by Gasteiger charge is 2.26. The quantitative estimate of drug-likeness (QED) is 0.591. The number of ether oxygens (including phenoxy) is 1. The second-order valence-corrected chi connectivity index (χ2v) is 5.93. The Morgan fingerprint density at radius 3 is 2.44 bits per heavy atom. The number of benzene rings is 2. The molecule has 0 N–H and O–H groups in total. The molecule has 2 aromatic rings. The molecule has 0 saturated carbocycles. The minimum Gasteiger partial charge on any atom is -0.435 e. The third kappa shape index (κ3) is 4.30. The summed E-state index contributed by atoms with van der Waals surface area (Å²) in [6.45, 7) is -1.36. The number of nitro groups is 1. The van der Waals surface area contributed by atoms with E-state index in [-0.39, 0.29) is 22.9 Å². The van der Waals surface area contributed by atoms with Crippen LogP contribution < -0.4 is 9.64 Å². The molecule has 0 spiro atoms. The lowest BCUT2D eigenvalue weighted by Gasteiger charge is -2.35. The molecule has 1 aliphatic rings. The lowest BCUT2D eigenvalue weighted by atomic mass is 10.1. The van der Waals surface area contributed by atoms with Crippen molar-refractivity contribution in [3.8, 4) is 5.75 Å². The summed E-state index contributed by atoms with van der Waals surface area (Å²) >= 11 is 0. The first-order chi connectivity index (χ1) is 13.0. The van der Waals surface area contributed by atoms with Gasteiger partial charge in [-0.15, -0.1) is 0 Å². The van der Waals surface area contributed by atoms with Crippen molar-refractivity contribution in [2.45, 2.75) is 6.61 Å². The Morgan fingerprint density at radius 2 is 1.78 bits per heavy atom. The average Bonchev–Trinajstić information content (AvgIpc) is 2.67. The van der Waals surface area contributed by atoms with Crippen molar-refractivity contribution in [2.75, 3.05) is 31.1 Å². The van der Waals surface area contributed by atoms with Crippen LogP contribution in [0.5, 0.6) is 5.75 Å². The number of alkyl halides is 2. The van der Waals surface area contributed by atoms with E-state index < -0.39 is 11.5 Å². The number of nitrogens with zero attached hydrogens (tertiary/aromatic N) is 3. The molecule has 0 atom stereocenters. The van der Waals surface area contributed by atoms with Gasteiger partial charge in [0.05, 0.1) is 4.92 Å². The maximum Gasteiger partial charge on any atom is 0.387 e. The zero-order valence-electron chi connectivity index (χ0n) is 14.3. The summed E-state index contributed by atoms with van der Waals surface area (Å²) in [6, 6.07) is 12.1. The van der Waals surface area contributed by atoms with E-state index in [0.29, 0.717) is 31.9 Å². The van der Waals surface area contributed by atoms with Crippen LogP contribution in [-0.2, 0) is 0 Å². The van der Waals surface area contributed by atoms with Crippen LogP contribution in [0.3, 0.4) is 0 Å². The van der Waals surface area contributed by atoms with Crippen LogP contribution in [0.25, 0.3) is 0 Å². The fourth-order valence-corrected chi connectivity index (χ4v) is 3.02. The predicted molar refractivity (Wildman–Crippen MR) is 94.3 cm³/mol. The monoisotopic (exact) mass is 377 g/mol. The van der Waals surface area contributed by atoms with E-state index in [1.807, 2.05) is 4.90 Å². The van der Waals surface area contributed by atoms with Crippen LogP contribution in [-0.4, -0.2) is 48.5 Å². The van der Waals surface area contributed by atoms with Gasteiger partial charge in [0.25, 0.3) is 11.6 Å². The number of para-hydroxylation sites is 2. The van der Waals surface area contributed by atoms with Gasteiger partial charge in [0.1, 0.15) is 11.4 Å². The first kappa shape index (κ1) is 18.6. The zero-order valence-corrected chi connectivity index (χ0v) is 14.3. The molecule has 0 aliphatic carbocycles. The van der Waals surface area contributed by atoms with Crippen LogP contribution in [0.2, 0.25) is 0 Å². The van der Waals surface area contributed by atoms with Gasteiger partial charge in [-0.25, -0.2) is 0 Å². The first-order valence-electron chi connectivity index (χ1n) is 8.28. The molecule has 2 aromatic carbocycles. The smallest absolute Gasteiger partial charge is 0.387 e. The molecule has 1 amide bonds. The third-order valence-corrected chi connectivity index (χ3v) is 4.29. The molecule has 0 radical (unpaired) electrons. The van der Waals surface area contributed by atoms with Gasteiger partial charge in [0.2, 0.25) is 0 Å². The Labute approximate surface area is 153 Å². The van der Waals surface area contributed by atoms with Crippen molar-refractivity contribution >= 4 is 17.3 Å². The maximum absolute atomic E-state index is 12.6. The van der Waals surface area contributed by atoms with Crippen LogP contribution in [0, 0.1) is 10.1 Å². The number of carbonyl (C=O) groups is 1. The van der Waals surface area contributed by atoms with Gasteiger partial charge < -0.3 is 14.5 Å². The van der Waals surface area contributed by atoms with Gasteiger partial charge in [-0.2, -0.15) is 8.78 Å². The molecule has 7 nitrogen and oxygen atoms in total. The van der Waals surface area contributed by atoms with Crippen LogP contribution in [0.4, 0.5) is 20.2 Å². The van der Waals surface area contributed by atoms with Crippen molar-refractivity contribution in [1.29, 1.82) is 0 Å². The lowest BCUT2D eigenvalue weighted by Crippen LogP contribution is -2.48. The van der Waals surface area contributed by atoms with Crippen molar-refractivity contribution < 1.29 is 23.2 Å². The summed E-state index contributed by atoms with van der Waals surface area (Å²) in [5.74, 6) is -0.369. The number of anilines is 1. The largest absolute Gasteiger partial charge is 0.435 e. The fraction of sp³-hybridized carbons (Fsp3) is 0.278. The summed E-state index contributed by atoms with van der Waals surface area (Å²) in [6.07, 6.45) is 0. The number of hydrogen-bond acceptors (Lipinski definition) is 5. The molecule has 1 saturated heterocycles. The lowest BCUT2D eigenvalue weighted by molar-refractivity contribution is -0.384. The van der Waals surface area contributed by atoms with E-state index in [4.69, 9.17) is 0 Å². The van der Waals surface area contributed by atoms with Crippen molar-refractivity contribution in [2.24, 2.45) is 0 Å². The van der Waals surface area contributed by atoms with Gasteiger partial charge in [-0.3, -0.25) is 14.9 Å². The summed E-state index contributed by atoms with van der Waals surface area (Å²) in [5.41, 5.74) is 0.795. The molecule has 27 heavy (non-hydrogen) atoms. The van der Waals surface area contributed by atoms with Crippen LogP contribution >= 0.6 is 0 Å². The second kappa shape index (κ2) is 7.98. The second-order valence-electron chi connectivity index (χ2n) is 5.93. The third-order valence-electron chi connectivity index (χ3n) is 4.29. The Bertz CT molecular complexity index is 839. The molecular formula is C18H17F2N3O4. The molecule has 0 aromatic heterocycles. The number of halogens is 2. The first-order valence-corrected chi connectivity index (χ1v) is 8.28. The number of carbonyl (C=O) groups excluding carboxylic acids is 1. The highest BCUT2D eigenvalue weighted by Crippen LogP contribution is 2.28. The van der Waals surface area contributed by atoms with E-state index in [9.17, 15) is 23.7 Å². The normalized spacial score (nSPS) is 14.3. The molecule has 1 aliphatic heterocycles. The SMILES string of the molecule is O=C(c1cccc(OC(F)F)c1)N1CCN(c2ccccc2[N+](=O)[O-])CC1. The Balaban J connectivity index is 1.67. The van der Waals surface area contributed by atoms with E-state index in [2.05, 4.69) is 4.74 Å². The molecule has 1 fully saturated rings. The van der Waals surface area contributed by atoms with E-state index >= 15 is 0 Å². The summed E-state index contributed by atoms with van der Waals surface area (Å²) in [5, 5.41) is 11.2. The fourth-order valence-electron chi connectivity index (χ4n) is 3.02. The average molecular weight is 377 g/mol. The number of nitro benzene ring substituents is 1. The minimum absolute atomic E-state index is 0.0223. The van der Waals surface area contributed by atoms with Gasteiger partial charge in [-0.1, -0.05) is 18.2 Å². The van der Waals surface area contributed by atoms with Gasteiger partial charge in [0.15, 0.2) is 0 Å². The van der Waals surface area contributed by atoms with Crippen LogP contribution in [0.1, 0.15) is 10.4 Å². The van der Waals surface area contributed by atoms with Gasteiger partial charge >= 0.3 is 6.61 Å². The molecular weight excluding hydrogens is 360 g/mol. The van der Waals surface area contributed by atoms with E-state index in [0.717, 1.165) is 0 Å². The molecule has 1 heterocycles. The molecule has 142 valence electrons. The molecule has 3 rings (SSSR count). The summed E-state index contributed by atoms with van der Waals surface area (Å²) in [4.78, 5) is 26.8. The van der Waals surface area contributed by atoms with Crippen molar-refractivity contribution in [3.05, 3.63) is 64.2 Å².